The summed E-state index contributed by atoms with van der Waals surface area (Å²) in [6, 6.07) is 16.2. The van der Waals surface area contributed by atoms with Crippen LogP contribution in [0.15, 0.2) is 52.9 Å². The summed E-state index contributed by atoms with van der Waals surface area (Å²) in [6.07, 6.45) is 0. The Hall–Kier alpha value is -1.82. The number of hydrogen-bond acceptors (Lipinski definition) is 4. The number of piperazine rings is 1. The monoisotopic (exact) mass is 359 g/mol. The molecule has 1 aromatic heterocycles. The Morgan fingerprint density at radius 3 is 2.50 bits per heavy atom. The third kappa shape index (κ3) is 3.07. The second kappa shape index (κ2) is 6.59. The molecule has 4 rings (SSSR count). The van der Waals surface area contributed by atoms with Crippen LogP contribution in [0.25, 0.3) is 11.1 Å². The first-order chi connectivity index (χ1) is 11.7. The SMILES string of the molecule is S=c1oc2cc(Cl)ccc2n1CN1CCN(c2ccccc2)CC1. The quantitative estimate of drug-likeness (QED) is 0.647. The molecule has 0 aliphatic carbocycles. The Kier molecular flexibility index (Phi) is 4.31. The highest BCUT2D eigenvalue weighted by Crippen LogP contribution is 2.23. The van der Waals surface area contributed by atoms with E-state index in [4.69, 9.17) is 28.2 Å². The fraction of sp³-hybridized carbons (Fsp3) is 0.278. The normalized spacial score (nSPS) is 16.0. The molecule has 4 nitrogen and oxygen atoms in total. The first kappa shape index (κ1) is 15.7. The summed E-state index contributed by atoms with van der Waals surface area (Å²) in [5.74, 6) is 0. The molecule has 0 saturated carbocycles. The Morgan fingerprint density at radius 1 is 1.00 bits per heavy atom. The van der Waals surface area contributed by atoms with Gasteiger partial charge in [-0.2, -0.15) is 0 Å². The summed E-state index contributed by atoms with van der Waals surface area (Å²) in [4.78, 5) is 5.32. The third-order valence-electron chi connectivity index (χ3n) is 4.47. The maximum atomic E-state index is 6.03. The molecule has 24 heavy (non-hydrogen) atoms. The van der Waals surface area contributed by atoms with Crippen LogP contribution in [0.1, 0.15) is 0 Å². The molecular weight excluding hydrogens is 342 g/mol. The van der Waals surface area contributed by atoms with E-state index in [-0.39, 0.29) is 0 Å². The maximum absolute atomic E-state index is 6.03. The van der Waals surface area contributed by atoms with E-state index in [1.807, 2.05) is 22.8 Å². The molecule has 1 fully saturated rings. The zero-order valence-electron chi connectivity index (χ0n) is 13.2. The molecule has 1 aliphatic rings. The summed E-state index contributed by atoms with van der Waals surface area (Å²) in [6.45, 7) is 4.77. The molecule has 0 amide bonds. The lowest BCUT2D eigenvalue weighted by Crippen LogP contribution is -2.46. The van der Waals surface area contributed by atoms with Crippen LogP contribution in [-0.2, 0) is 6.67 Å². The lowest BCUT2D eigenvalue weighted by Gasteiger charge is -2.36. The van der Waals surface area contributed by atoms with E-state index in [1.165, 1.54) is 5.69 Å². The molecule has 2 heterocycles. The molecule has 0 spiro atoms. The van der Waals surface area contributed by atoms with E-state index in [9.17, 15) is 0 Å². The van der Waals surface area contributed by atoms with Gasteiger partial charge in [0.25, 0.3) is 4.84 Å². The zero-order valence-corrected chi connectivity index (χ0v) is 14.8. The standard InChI is InChI=1S/C18H18ClN3OS/c19-14-6-7-16-17(12-14)23-18(24)22(16)13-20-8-10-21(11-9-20)15-4-2-1-3-5-15/h1-7,12H,8-11,13H2. The molecule has 0 unspecified atom stereocenters. The van der Waals surface area contributed by atoms with Crippen molar-refractivity contribution in [2.75, 3.05) is 31.1 Å². The van der Waals surface area contributed by atoms with Crippen LogP contribution >= 0.6 is 23.8 Å². The number of hydrogen-bond donors (Lipinski definition) is 0. The Labute approximate surface area is 150 Å². The molecule has 0 bridgehead atoms. The van der Waals surface area contributed by atoms with Crippen LogP contribution < -0.4 is 4.90 Å². The number of benzene rings is 2. The number of halogens is 1. The number of oxazole rings is 1. The minimum atomic E-state index is 0.498. The van der Waals surface area contributed by atoms with Crippen LogP contribution in [0.2, 0.25) is 5.02 Å². The van der Waals surface area contributed by atoms with Crippen LogP contribution in [0.4, 0.5) is 5.69 Å². The predicted octanol–water partition coefficient (Wildman–Crippen LogP) is 4.40. The van der Waals surface area contributed by atoms with Crippen molar-refractivity contribution in [3.63, 3.8) is 0 Å². The van der Waals surface area contributed by atoms with Gasteiger partial charge in [-0.15, -0.1) is 0 Å². The van der Waals surface area contributed by atoms with Crippen molar-refractivity contribution in [1.82, 2.24) is 9.47 Å². The van der Waals surface area contributed by atoms with Crippen molar-refractivity contribution in [1.29, 1.82) is 0 Å². The van der Waals surface area contributed by atoms with Crippen molar-refractivity contribution < 1.29 is 4.42 Å². The first-order valence-electron chi connectivity index (χ1n) is 8.02. The lowest BCUT2D eigenvalue weighted by molar-refractivity contribution is 0.204. The van der Waals surface area contributed by atoms with Crippen LogP contribution in [0.5, 0.6) is 0 Å². The van der Waals surface area contributed by atoms with Crippen LogP contribution in [0.3, 0.4) is 0 Å². The minimum Gasteiger partial charge on any atom is -0.429 e. The van der Waals surface area contributed by atoms with Gasteiger partial charge in [0.05, 0.1) is 12.2 Å². The number of aromatic nitrogens is 1. The Bertz CT molecular complexity index is 898. The summed E-state index contributed by atoms with van der Waals surface area (Å²) < 4.78 is 7.71. The molecule has 1 aliphatic heterocycles. The second-order valence-corrected chi connectivity index (χ2v) is 6.78. The summed E-state index contributed by atoms with van der Waals surface area (Å²) in [7, 11) is 0. The highest BCUT2D eigenvalue weighted by Gasteiger charge is 2.18. The summed E-state index contributed by atoms with van der Waals surface area (Å²) in [5.41, 5.74) is 3.03. The first-order valence-corrected chi connectivity index (χ1v) is 8.80. The zero-order chi connectivity index (χ0) is 16.5. The summed E-state index contributed by atoms with van der Waals surface area (Å²) >= 11 is 11.4. The van der Waals surface area contributed by atoms with Crippen molar-refractivity contribution in [3.05, 3.63) is 58.4 Å². The van der Waals surface area contributed by atoms with Crippen molar-refractivity contribution in [3.8, 4) is 0 Å². The maximum Gasteiger partial charge on any atom is 0.270 e. The minimum absolute atomic E-state index is 0.498. The predicted molar refractivity (Wildman–Crippen MR) is 100 cm³/mol. The highest BCUT2D eigenvalue weighted by atomic mass is 35.5. The van der Waals surface area contributed by atoms with Crippen LogP contribution in [-0.4, -0.2) is 35.6 Å². The number of fused-ring (bicyclic) bond motifs is 1. The molecule has 0 N–H and O–H groups in total. The van der Waals surface area contributed by atoms with Gasteiger partial charge in [-0.25, -0.2) is 0 Å². The second-order valence-electron chi connectivity index (χ2n) is 5.99. The van der Waals surface area contributed by atoms with Gasteiger partial charge in [0, 0.05) is 43.0 Å². The van der Waals surface area contributed by atoms with Gasteiger partial charge in [-0.1, -0.05) is 29.8 Å². The van der Waals surface area contributed by atoms with Gasteiger partial charge in [-0.05, 0) is 36.5 Å². The number of rotatable bonds is 3. The lowest BCUT2D eigenvalue weighted by atomic mass is 10.2. The molecule has 2 aromatic carbocycles. The smallest absolute Gasteiger partial charge is 0.270 e. The molecule has 1 saturated heterocycles. The highest BCUT2D eigenvalue weighted by molar-refractivity contribution is 7.71. The molecule has 0 atom stereocenters. The number of anilines is 1. The van der Waals surface area contributed by atoms with E-state index < -0.39 is 0 Å². The van der Waals surface area contributed by atoms with Gasteiger partial charge < -0.3 is 9.32 Å². The molecule has 0 radical (unpaired) electrons. The van der Waals surface area contributed by atoms with Gasteiger partial charge in [-0.3, -0.25) is 9.47 Å². The molecule has 6 heteroatoms. The third-order valence-corrected chi connectivity index (χ3v) is 5.00. The van der Waals surface area contributed by atoms with Crippen molar-refractivity contribution in [2.45, 2.75) is 6.67 Å². The fourth-order valence-corrected chi connectivity index (χ4v) is 3.57. The van der Waals surface area contributed by atoms with Gasteiger partial charge in [0.1, 0.15) is 0 Å². The van der Waals surface area contributed by atoms with E-state index >= 15 is 0 Å². The molecular formula is C18H18ClN3OS. The largest absolute Gasteiger partial charge is 0.429 e. The molecule has 124 valence electrons. The Balaban J connectivity index is 1.48. The van der Waals surface area contributed by atoms with Gasteiger partial charge in [0.15, 0.2) is 5.58 Å². The topological polar surface area (TPSA) is 24.6 Å². The Morgan fingerprint density at radius 2 is 1.75 bits per heavy atom. The summed E-state index contributed by atoms with van der Waals surface area (Å²) in [5, 5.41) is 0.662. The molecule has 3 aromatic rings. The van der Waals surface area contributed by atoms with E-state index in [0.717, 1.165) is 43.9 Å². The van der Waals surface area contributed by atoms with E-state index in [1.54, 1.807) is 0 Å². The van der Waals surface area contributed by atoms with Crippen LogP contribution in [0, 0.1) is 4.84 Å². The number of nitrogens with zero attached hydrogens (tertiary/aromatic N) is 3. The van der Waals surface area contributed by atoms with Gasteiger partial charge >= 0.3 is 0 Å². The van der Waals surface area contributed by atoms with E-state index in [0.29, 0.717) is 9.86 Å². The van der Waals surface area contributed by atoms with Gasteiger partial charge in [0.2, 0.25) is 0 Å². The van der Waals surface area contributed by atoms with Crippen molar-refractivity contribution in [2.24, 2.45) is 0 Å². The average Bonchev–Trinajstić information content (AvgIpc) is 2.91. The fourth-order valence-electron chi connectivity index (χ4n) is 3.16. The average molecular weight is 360 g/mol. The van der Waals surface area contributed by atoms with E-state index in [2.05, 4.69) is 40.1 Å². The number of para-hydroxylation sites is 1. The van der Waals surface area contributed by atoms with Crippen molar-refractivity contribution >= 4 is 40.6 Å².